The van der Waals surface area contributed by atoms with Crippen molar-refractivity contribution < 1.29 is 9.84 Å². The van der Waals surface area contributed by atoms with Gasteiger partial charge in [0.25, 0.3) is 0 Å². The van der Waals surface area contributed by atoms with Gasteiger partial charge in [0.1, 0.15) is 18.4 Å². The van der Waals surface area contributed by atoms with Crippen LogP contribution in [0, 0.1) is 0 Å². The van der Waals surface area contributed by atoms with Crippen LogP contribution in [-0.4, -0.2) is 48.2 Å². The summed E-state index contributed by atoms with van der Waals surface area (Å²) >= 11 is 0. The zero-order chi connectivity index (χ0) is 12.5. The molecular formula is C14H18N2O2. The maximum atomic E-state index is 9.80. The number of hydrogen-bond acceptors (Lipinski definition) is 4. The van der Waals surface area contributed by atoms with E-state index < -0.39 is 0 Å². The Kier molecular flexibility index (Phi) is 2.96. The van der Waals surface area contributed by atoms with Gasteiger partial charge < -0.3 is 14.7 Å². The Balaban J connectivity index is 1.82. The predicted molar refractivity (Wildman–Crippen MR) is 70.0 cm³/mol. The van der Waals surface area contributed by atoms with Gasteiger partial charge in [-0.3, -0.25) is 0 Å². The Bertz CT molecular complexity index is 473. The number of para-hydroxylation sites is 1. The number of rotatable bonds is 2. The van der Waals surface area contributed by atoms with E-state index in [0.717, 1.165) is 6.54 Å². The van der Waals surface area contributed by atoms with Gasteiger partial charge in [-0.05, 0) is 38.6 Å². The fraction of sp³-hybridized carbons (Fsp3) is 0.500. The van der Waals surface area contributed by atoms with Crippen molar-refractivity contribution in [2.45, 2.75) is 24.9 Å². The van der Waals surface area contributed by atoms with Gasteiger partial charge in [-0.2, -0.15) is 0 Å². The van der Waals surface area contributed by atoms with Crippen molar-refractivity contribution in [1.82, 2.24) is 4.90 Å². The van der Waals surface area contributed by atoms with E-state index in [0.29, 0.717) is 24.1 Å². The fourth-order valence-corrected chi connectivity index (χ4v) is 2.81. The van der Waals surface area contributed by atoms with E-state index in [1.54, 1.807) is 12.1 Å². The average Bonchev–Trinajstić information content (AvgIpc) is 2.98. The summed E-state index contributed by atoms with van der Waals surface area (Å²) in [6.45, 7) is 1.77. The van der Waals surface area contributed by atoms with Crippen LogP contribution in [0.5, 0.6) is 5.75 Å². The molecule has 1 saturated heterocycles. The van der Waals surface area contributed by atoms with Crippen molar-refractivity contribution >= 4 is 5.90 Å². The van der Waals surface area contributed by atoms with Crippen molar-refractivity contribution in [1.29, 1.82) is 0 Å². The van der Waals surface area contributed by atoms with Crippen LogP contribution in [0.15, 0.2) is 29.3 Å². The van der Waals surface area contributed by atoms with Crippen LogP contribution in [0.4, 0.5) is 0 Å². The van der Waals surface area contributed by atoms with E-state index in [1.807, 2.05) is 12.1 Å². The average molecular weight is 246 g/mol. The van der Waals surface area contributed by atoms with E-state index in [4.69, 9.17) is 4.74 Å². The summed E-state index contributed by atoms with van der Waals surface area (Å²) in [6.07, 6.45) is 2.42. The first-order valence-corrected chi connectivity index (χ1v) is 6.45. The highest BCUT2D eigenvalue weighted by Gasteiger charge is 2.33. The second-order valence-corrected chi connectivity index (χ2v) is 5.02. The zero-order valence-electron chi connectivity index (χ0n) is 10.5. The summed E-state index contributed by atoms with van der Waals surface area (Å²) in [5.74, 6) is 0.815. The first-order chi connectivity index (χ1) is 8.75. The van der Waals surface area contributed by atoms with Crippen LogP contribution in [-0.2, 0) is 4.74 Å². The Morgan fingerprint density at radius 3 is 2.94 bits per heavy atom. The monoisotopic (exact) mass is 246 g/mol. The van der Waals surface area contributed by atoms with Crippen LogP contribution in [0.3, 0.4) is 0 Å². The molecule has 0 unspecified atom stereocenters. The summed E-state index contributed by atoms with van der Waals surface area (Å²) in [6, 6.07) is 7.87. The molecule has 0 aliphatic carbocycles. The van der Waals surface area contributed by atoms with Crippen LogP contribution in [0.2, 0.25) is 0 Å². The van der Waals surface area contributed by atoms with Crippen LogP contribution < -0.4 is 0 Å². The number of likely N-dealkylation sites (tertiary alicyclic amines) is 1. The summed E-state index contributed by atoms with van der Waals surface area (Å²) in [5.41, 5.74) is 0.695. The number of aromatic hydroxyl groups is 1. The van der Waals surface area contributed by atoms with Crippen molar-refractivity contribution in [2.75, 3.05) is 20.2 Å². The van der Waals surface area contributed by atoms with E-state index in [-0.39, 0.29) is 11.8 Å². The second kappa shape index (κ2) is 4.61. The van der Waals surface area contributed by atoms with E-state index >= 15 is 0 Å². The number of benzene rings is 1. The fourth-order valence-electron chi connectivity index (χ4n) is 2.81. The number of nitrogens with zero attached hydrogens (tertiary/aromatic N) is 2. The first kappa shape index (κ1) is 11.5. The molecule has 1 aromatic carbocycles. The molecule has 0 radical (unpaired) electrons. The quantitative estimate of drug-likeness (QED) is 0.862. The zero-order valence-corrected chi connectivity index (χ0v) is 10.5. The van der Waals surface area contributed by atoms with E-state index in [9.17, 15) is 5.11 Å². The molecule has 2 atom stereocenters. The molecule has 3 rings (SSSR count). The van der Waals surface area contributed by atoms with Gasteiger partial charge in [-0.15, -0.1) is 0 Å². The highest BCUT2D eigenvalue weighted by Crippen LogP contribution is 2.26. The molecule has 2 aliphatic heterocycles. The molecule has 0 spiro atoms. The third kappa shape index (κ3) is 1.97. The lowest BCUT2D eigenvalue weighted by molar-refractivity contribution is 0.226. The predicted octanol–water partition coefficient (Wildman–Crippen LogP) is 1.63. The molecule has 2 aliphatic rings. The topological polar surface area (TPSA) is 45.1 Å². The molecule has 96 valence electrons. The summed E-state index contributed by atoms with van der Waals surface area (Å²) in [5, 5.41) is 9.80. The van der Waals surface area contributed by atoms with E-state index in [2.05, 4.69) is 16.9 Å². The molecule has 1 N–H and O–H groups in total. The minimum absolute atomic E-state index is 0.201. The highest BCUT2D eigenvalue weighted by molar-refractivity contribution is 5.97. The molecule has 0 saturated carbocycles. The number of hydrogen-bond donors (Lipinski definition) is 1. The Morgan fingerprint density at radius 1 is 1.39 bits per heavy atom. The van der Waals surface area contributed by atoms with Crippen molar-refractivity contribution in [3.8, 4) is 5.75 Å². The van der Waals surface area contributed by atoms with Gasteiger partial charge in [-0.1, -0.05) is 12.1 Å². The second-order valence-electron chi connectivity index (χ2n) is 5.02. The maximum absolute atomic E-state index is 9.80. The lowest BCUT2D eigenvalue weighted by atomic mass is 10.1. The molecule has 2 heterocycles. The van der Waals surface area contributed by atoms with Gasteiger partial charge in [0.05, 0.1) is 5.56 Å². The SMILES string of the molecule is CN1CCC[C@@H]1[C@@H]1COC(c2ccccc2O)=N1. The summed E-state index contributed by atoms with van der Waals surface area (Å²) < 4.78 is 5.66. The lowest BCUT2D eigenvalue weighted by Gasteiger charge is -2.22. The van der Waals surface area contributed by atoms with Crippen LogP contribution in [0.1, 0.15) is 18.4 Å². The van der Waals surface area contributed by atoms with E-state index in [1.165, 1.54) is 12.8 Å². The number of aliphatic imine (C=N–C) groups is 1. The summed E-state index contributed by atoms with van der Waals surface area (Å²) in [7, 11) is 2.14. The van der Waals surface area contributed by atoms with Crippen LogP contribution >= 0.6 is 0 Å². The number of ether oxygens (including phenoxy) is 1. The minimum atomic E-state index is 0.201. The van der Waals surface area contributed by atoms with Gasteiger partial charge in [0.2, 0.25) is 5.90 Å². The van der Waals surface area contributed by atoms with Gasteiger partial charge in [0.15, 0.2) is 0 Å². The molecule has 0 bridgehead atoms. The van der Waals surface area contributed by atoms with Crippen molar-refractivity contribution in [3.05, 3.63) is 29.8 Å². The largest absolute Gasteiger partial charge is 0.507 e. The number of phenols is 1. The first-order valence-electron chi connectivity index (χ1n) is 6.45. The van der Waals surface area contributed by atoms with Crippen LogP contribution in [0.25, 0.3) is 0 Å². The number of likely N-dealkylation sites (N-methyl/N-ethyl adjacent to an activating group) is 1. The third-order valence-corrected chi connectivity index (χ3v) is 3.83. The normalized spacial score (nSPS) is 28.2. The molecule has 1 aromatic rings. The Labute approximate surface area is 107 Å². The maximum Gasteiger partial charge on any atom is 0.220 e. The summed E-state index contributed by atoms with van der Waals surface area (Å²) in [4.78, 5) is 7.00. The standard InChI is InChI=1S/C14H18N2O2/c1-16-8-4-6-12(16)11-9-18-14(15-11)10-5-2-3-7-13(10)17/h2-3,5,7,11-12,17H,4,6,8-9H2,1H3/t11-,12+/m0/s1. The highest BCUT2D eigenvalue weighted by atomic mass is 16.5. The number of phenolic OH excluding ortho intramolecular Hbond substituents is 1. The molecular weight excluding hydrogens is 228 g/mol. The lowest BCUT2D eigenvalue weighted by Crippen LogP contribution is -2.36. The molecule has 1 fully saturated rings. The van der Waals surface area contributed by atoms with Gasteiger partial charge in [0, 0.05) is 6.04 Å². The smallest absolute Gasteiger partial charge is 0.220 e. The third-order valence-electron chi connectivity index (χ3n) is 3.83. The minimum Gasteiger partial charge on any atom is -0.507 e. The molecule has 0 amide bonds. The molecule has 4 heteroatoms. The van der Waals surface area contributed by atoms with Gasteiger partial charge in [-0.25, -0.2) is 4.99 Å². The molecule has 4 nitrogen and oxygen atoms in total. The van der Waals surface area contributed by atoms with Crippen molar-refractivity contribution in [3.63, 3.8) is 0 Å². The molecule has 18 heavy (non-hydrogen) atoms. The molecule has 0 aromatic heterocycles. The Morgan fingerprint density at radius 2 is 2.22 bits per heavy atom. The van der Waals surface area contributed by atoms with Gasteiger partial charge >= 0.3 is 0 Å². The van der Waals surface area contributed by atoms with Crippen molar-refractivity contribution in [2.24, 2.45) is 4.99 Å². The Hall–Kier alpha value is -1.55.